The van der Waals surface area contributed by atoms with E-state index in [-0.39, 0.29) is 12.3 Å². The van der Waals surface area contributed by atoms with Gasteiger partial charge in [0.2, 0.25) is 5.91 Å². The average Bonchev–Trinajstić information content (AvgIpc) is 3.20. The van der Waals surface area contributed by atoms with Crippen molar-refractivity contribution in [2.75, 3.05) is 12.4 Å². The van der Waals surface area contributed by atoms with E-state index in [2.05, 4.69) is 10.5 Å². The average molecular weight is 444 g/mol. The van der Waals surface area contributed by atoms with Crippen LogP contribution in [-0.4, -0.2) is 28.0 Å². The minimum atomic E-state index is -4.32. The Balaban J connectivity index is 1.61. The Hall–Kier alpha value is -2.93. The van der Waals surface area contributed by atoms with Crippen molar-refractivity contribution in [3.8, 4) is 17.1 Å². The number of hydrogen-bond donors (Lipinski definition) is 3. The lowest BCUT2D eigenvalue weighted by molar-refractivity contribution is -0.116. The van der Waals surface area contributed by atoms with E-state index in [1.54, 1.807) is 37.6 Å². The summed E-state index contributed by atoms with van der Waals surface area (Å²) in [7, 11) is -2.72. The number of methoxy groups -OCH3 is 1. The first-order valence-corrected chi connectivity index (χ1v) is 11.3. The SMILES string of the molecule is COc1ccc(-c2oncc2CCC(=O)Nc2ccc(C(C)(C)P(=O)(O)O)cc2)cc1. The van der Waals surface area contributed by atoms with E-state index in [0.29, 0.717) is 23.4 Å². The van der Waals surface area contributed by atoms with Crippen LogP contribution >= 0.6 is 7.60 Å². The van der Waals surface area contributed by atoms with Gasteiger partial charge in [0.05, 0.1) is 18.5 Å². The number of ether oxygens (including phenoxy) is 1. The standard InChI is InChI=1S/C22H25N2O6P/c1-22(2,31(26,27)28)17-7-9-18(10-8-17)24-20(25)13-6-16-14-23-30-21(16)15-4-11-19(29-3)12-5-15/h4-5,7-12,14H,6,13H2,1-3H3,(H,24,25)(H2,26,27,28). The predicted molar refractivity (Wildman–Crippen MR) is 117 cm³/mol. The van der Waals surface area contributed by atoms with Crippen molar-refractivity contribution in [1.82, 2.24) is 5.16 Å². The number of amides is 1. The fourth-order valence-electron chi connectivity index (χ4n) is 3.02. The van der Waals surface area contributed by atoms with Gasteiger partial charge >= 0.3 is 7.60 Å². The predicted octanol–water partition coefficient (Wildman–Crippen LogP) is 4.33. The van der Waals surface area contributed by atoms with Crippen molar-refractivity contribution in [1.29, 1.82) is 0 Å². The molecule has 164 valence electrons. The fraction of sp³-hybridized carbons (Fsp3) is 0.273. The van der Waals surface area contributed by atoms with Crippen LogP contribution in [0.5, 0.6) is 5.75 Å². The maximum atomic E-state index is 12.4. The number of benzene rings is 2. The van der Waals surface area contributed by atoms with Crippen LogP contribution in [0, 0.1) is 0 Å². The molecule has 0 spiro atoms. The first-order chi connectivity index (χ1) is 14.6. The van der Waals surface area contributed by atoms with Crippen LogP contribution in [-0.2, 0) is 20.9 Å². The third kappa shape index (κ3) is 5.22. The Kier molecular flexibility index (Phi) is 6.65. The molecule has 0 unspecified atom stereocenters. The van der Waals surface area contributed by atoms with Gasteiger partial charge < -0.3 is 24.4 Å². The molecule has 0 aliphatic rings. The Morgan fingerprint density at radius 2 is 1.77 bits per heavy atom. The van der Waals surface area contributed by atoms with Gasteiger partial charge in [0.25, 0.3) is 0 Å². The summed E-state index contributed by atoms with van der Waals surface area (Å²) >= 11 is 0. The van der Waals surface area contributed by atoms with Crippen LogP contribution in [0.4, 0.5) is 5.69 Å². The second-order valence-electron chi connectivity index (χ2n) is 7.64. The van der Waals surface area contributed by atoms with E-state index in [1.807, 2.05) is 24.3 Å². The molecular weight excluding hydrogens is 419 g/mol. The van der Waals surface area contributed by atoms with Crippen LogP contribution in [0.25, 0.3) is 11.3 Å². The zero-order valence-electron chi connectivity index (χ0n) is 17.5. The molecule has 1 amide bonds. The lowest BCUT2D eigenvalue weighted by Crippen LogP contribution is -2.17. The van der Waals surface area contributed by atoms with Crippen molar-refractivity contribution in [2.45, 2.75) is 31.8 Å². The van der Waals surface area contributed by atoms with Gasteiger partial charge in [-0.1, -0.05) is 17.3 Å². The highest BCUT2D eigenvalue weighted by Crippen LogP contribution is 2.56. The molecule has 3 aromatic rings. The van der Waals surface area contributed by atoms with Crippen LogP contribution < -0.4 is 10.1 Å². The molecule has 0 bridgehead atoms. The number of aryl methyl sites for hydroxylation is 1. The van der Waals surface area contributed by atoms with Gasteiger partial charge in [-0.3, -0.25) is 9.36 Å². The highest BCUT2D eigenvalue weighted by molar-refractivity contribution is 7.53. The van der Waals surface area contributed by atoms with Crippen LogP contribution in [0.2, 0.25) is 0 Å². The van der Waals surface area contributed by atoms with E-state index in [1.165, 1.54) is 13.8 Å². The Bertz CT molecular complexity index is 1080. The maximum absolute atomic E-state index is 12.4. The smallest absolute Gasteiger partial charge is 0.335 e. The third-order valence-electron chi connectivity index (χ3n) is 5.22. The molecule has 0 aliphatic carbocycles. The van der Waals surface area contributed by atoms with Crippen molar-refractivity contribution >= 4 is 19.2 Å². The van der Waals surface area contributed by atoms with Crippen molar-refractivity contribution in [2.24, 2.45) is 0 Å². The summed E-state index contributed by atoms with van der Waals surface area (Å²) in [4.78, 5) is 31.4. The zero-order valence-corrected chi connectivity index (χ0v) is 18.4. The molecule has 31 heavy (non-hydrogen) atoms. The first-order valence-electron chi connectivity index (χ1n) is 9.66. The summed E-state index contributed by atoms with van der Waals surface area (Å²) in [6.45, 7) is 2.97. The quantitative estimate of drug-likeness (QED) is 0.442. The van der Waals surface area contributed by atoms with Crippen molar-refractivity contribution in [3.63, 3.8) is 0 Å². The minimum Gasteiger partial charge on any atom is -0.497 e. The van der Waals surface area contributed by atoms with E-state index >= 15 is 0 Å². The molecule has 1 heterocycles. The largest absolute Gasteiger partial charge is 0.497 e. The number of anilines is 1. The number of rotatable bonds is 8. The van der Waals surface area contributed by atoms with Gasteiger partial charge in [0, 0.05) is 23.2 Å². The first kappa shape index (κ1) is 22.7. The summed E-state index contributed by atoms with van der Waals surface area (Å²) in [5.41, 5.74) is 2.71. The molecule has 1 aromatic heterocycles. The number of nitrogens with zero attached hydrogens (tertiary/aromatic N) is 1. The molecule has 0 saturated heterocycles. The lowest BCUT2D eigenvalue weighted by atomic mass is 10.0. The summed E-state index contributed by atoms with van der Waals surface area (Å²) in [5, 5.41) is 5.35. The van der Waals surface area contributed by atoms with Crippen LogP contribution in [0.3, 0.4) is 0 Å². The number of aromatic nitrogens is 1. The molecule has 0 aliphatic heterocycles. The molecule has 9 heteroatoms. The highest BCUT2D eigenvalue weighted by atomic mass is 31.2. The van der Waals surface area contributed by atoms with Gasteiger partial charge in [-0.05, 0) is 62.2 Å². The second kappa shape index (κ2) is 9.06. The molecule has 0 atom stereocenters. The number of nitrogens with one attached hydrogen (secondary N) is 1. The molecule has 0 saturated carbocycles. The van der Waals surface area contributed by atoms with E-state index < -0.39 is 12.8 Å². The third-order valence-corrected chi connectivity index (χ3v) is 6.94. The summed E-state index contributed by atoms with van der Waals surface area (Å²) < 4.78 is 22.2. The van der Waals surface area contributed by atoms with Crippen molar-refractivity contribution in [3.05, 3.63) is 65.9 Å². The van der Waals surface area contributed by atoms with Gasteiger partial charge in [-0.2, -0.15) is 0 Å². The van der Waals surface area contributed by atoms with Gasteiger partial charge in [0.1, 0.15) is 5.75 Å². The van der Waals surface area contributed by atoms with E-state index in [9.17, 15) is 19.1 Å². The van der Waals surface area contributed by atoms with E-state index in [0.717, 1.165) is 16.9 Å². The lowest BCUT2D eigenvalue weighted by Gasteiger charge is -2.26. The van der Waals surface area contributed by atoms with Gasteiger partial charge in [0.15, 0.2) is 5.76 Å². The molecular formula is C22H25N2O6P. The molecule has 0 radical (unpaired) electrons. The van der Waals surface area contributed by atoms with Gasteiger partial charge in [-0.15, -0.1) is 0 Å². The Morgan fingerprint density at radius 3 is 2.35 bits per heavy atom. The maximum Gasteiger partial charge on any atom is 0.335 e. The summed E-state index contributed by atoms with van der Waals surface area (Å²) in [6, 6.07) is 13.9. The van der Waals surface area contributed by atoms with Crippen LogP contribution in [0.1, 0.15) is 31.4 Å². The molecule has 8 nitrogen and oxygen atoms in total. The Labute approximate surface area is 180 Å². The molecule has 3 N–H and O–H groups in total. The molecule has 2 aromatic carbocycles. The van der Waals surface area contributed by atoms with Crippen LogP contribution in [0.15, 0.2) is 59.3 Å². The number of carbonyl (C=O) groups excluding carboxylic acids is 1. The summed E-state index contributed by atoms with van der Waals surface area (Å²) in [6.07, 6.45) is 2.27. The minimum absolute atomic E-state index is 0.191. The summed E-state index contributed by atoms with van der Waals surface area (Å²) in [5.74, 6) is 1.16. The molecule has 0 fully saturated rings. The van der Waals surface area contributed by atoms with Crippen molar-refractivity contribution < 1.29 is 28.4 Å². The normalized spacial score (nSPS) is 11.9. The molecule has 3 rings (SSSR count). The van der Waals surface area contributed by atoms with E-state index in [4.69, 9.17) is 9.26 Å². The zero-order chi connectivity index (χ0) is 22.6. The Morgan fingerprint density at radius 1 is 1.13 bits per heavy atom. The number of carbonyl (C=O) groups is 1. The highest BCUT2D eigenvalue weighted by Gasteiger charge is 2.39. The number of hydrogen-bond acceptors (Lipinski definition) is 5. The second-order valence-corrected chi connectivity index (χ2v) is 9.84. The monoisotopic (exact) mass is 444 g/mol. The van der Waals surface area contributed by atoms with Gasteiger partial charge in [-0.25, -0.2) is 0 Å². The fourth-order valence-corrected chi connectivity index (χ4v) is 3.51. The topological polar surface area (TPSA) is 122 Å².